The van der Waals surface area contributed by atoms with E-state index in [1.807, 2.05) is 43.1 Å². The van der Waals surface area contributed by atoms with Crippen LogP contribution in [0.15, 0.2) is 30.5 Å². The molecule has 4 heterocycles. The summed E-state index contributed by atoms with van der Waals surface area (Å²) in [4.78, 5) is 21.1. The molecule has 1 aromatic carbocycles. The van der Waals surface area contributed by atoms with Gasteiger partial charge in [-0.15, -0.1) is 5.10 Å². The predicted molar refractivity (Wildman–Crippen MR) is 127 cm³/mol. The van der Waals surface area contributed by atoms with Gasteiger partial charge in [0.25, 0.3) is 0 Å². The lowest BCUT2D eigenvalue weighted by atomic mass is 9.98. The second kappa shape index (κ2) is 8.32. The van der Waals surface area contributed by atoms with Crippen molar-refractivity contribution in [1.82, 2.24) is 20.1 Å². The van der Waals surface area contributed by atoms with Crippen LogP contribution in [0.3, 0.4) is 0 Å². The van der Waals surface area contributed by atoms with E-state index >= 15 is 0 Å². The zero-order valence-corrected chi connectivity index (χ0v) is 19.2. The van der Waals surface area contributed by atoms with E-state index in [9.17, 15) is 10.1 Å². The molecular formula is C25H27N7O. The number of rotatable bonds is 4. The molecule has 2 aromatic heterocycles. The molecule has 0 saturated carbocycles. The molecule has 8 nitrogen and oxygen atoms in total. The van der Waals surface area contributed by atoms with Crippen LogP contribution in [0, 0.1) is 25.2 Å². The van der Waals surface area contributed by atoms with Gasteiger partial charge in [-0.1, -0.05) is 12.1 Å². The van der Waals surface area contributed by atoms with Crippen molar-refractivity contribution in [3.63, 3.8) is 0 Å². The molecule has 2 aliphatic rings. The molecule has 0 bridgehead atoms. The van der Waals surface area contributed by atoms with E-state index in [2.05, 4.69) is 39.5 Å². The van der Waals surface area contributed by atoms with Crippen LogP contribution in [0.25, 0.3) is 10.9 Å². The first kappa shape index (κ1) is 21.1. The van der Waals surface area contributed by atoms with Gasteiger partial charge in [0.05, 0.1) is 40.8 Å². The fraction of sp³-hybridized carbons (Fsp3) is 0.400. The Morgan fingerprint density at radius 2 is 2.09 bits per heavy atom. The fourth-order valence-corrected chi connectivity index (χ4v) is 5.05. The third-order valence-electron chi connectivity index (χ3n) is 6.95. The summed E-state index contributed by atoms with van der Waals surface area (Å²) >= 11 is 0. The molecule has 2 fully saturated rings. The summed E-state index contributed by atoms with van der Waals surface area (Å²) in [6.45, 7) is 8.33. The standard InChI is InChI=1S/C25H27N7O/c1-15-18(12-26)5-4-6-21(15)16(2)28-25-22-11-20(13-27-24(22)17(3)29-30-25)31-9-10-32-19(14-31)7-8-23(32)33/h4-6,11,13,16,19H,7-10,14H2,1-3H3,(H,28,30)/t16-,19-/m1/s1. The summed E-state index contributed by atoms with van der Waals surface area (Å²) in [6, 6.07) is 10.4. The SMILES string of the molecule is Cc1c(C#N)cccc1[C@@H](C)Nc1nnc(C)c2ncc(N3CCN4C(=O)CC[C@@H]4C3)cc12. The van der Waals surface area contributed by atoms with Crippen molar-refractivity contribution in [3.05, 3.63) is 52.8 Å². The van der Waals surface area contributed by atoms with Gasteiger partial charge >= 0.3 is 0 Å². The van der Waals surface area contributed by atoms with Gasteiger partial charge in [0.2, 0.25) is 5.91 Å². The van der Waals surface area contributed by atoms with E-state index in [1.54, 1.807) is 0 Å². The average Bonchev–Trinajstić information content (AvgIpc) is 3.20. The van der Waals surface area contributed by atoms with Gasteiger partial charge in [-0.25, -0.2) is 0 Å². The molecule has 0 unspecified atom stereocenters. The van der Waals surface area contributed by atoms with Crippen LogP contribution >= 0.6 is 0 Å². The summed E-state index contributed by atoms with van der Waals surface area (Å²) in [6.07, 6.45) is 3.48. The molecule has 2 aliphatic heterocycles. The van der Waals surface area contributed by atoms with Gasteiger partial charge in [0, 0.05) is 37.5 Å². The minimum atomic E-state index is -0.0600. The first-order valence-electron chi connectivity index (χ1n) is 11.4. The lowest BCUT2D eigenvalue weighted by molar-refractivity contribution is -0.129. The van der Waals surface area contributed by atoms with E-state index in [1.165, 1.54) is 0 Å². The smallest absolute Gasteiger partial charge is 0.223 e. The van der Waals surface area contributed by atoms with E-state index in [-0.39, 0.29) is 18.0 Å². The quantitative estimate of drug-likeness (QED) is 0.662. The minimum absolute atomic E-state index is 0.0600. The summed E-state index contributed by atoms with van der Waals surface area (Å²) in [5.41, 5.74) is 5.33. The maximum Gasteiger partial charge on any atom is 0.223 e. The number of hydrogen-bond acceptors (Lipinski definition) is 7. The monoisotopic (exact) mass is 441 g/mol. The lowest BCUT2D eigenvalue weighted by Gasteiger charge is -2.38. The Kier molecular flexibility index (Phi) is 5.33. The van der Waals surface area contributed by atoms with E-state index in [0.717, 1.165) is 59.5 Å². The highest BCUT2D eigenvalue weighted by atomic mass is 16.2. The summed E-state index contributed by atoms with van der Waals surface area (Å²) in [5, 5.41) is 22.6. The number of nitrogens with one attached hydrogen (secondary N) is 1. The van der Waals surface area contributed by atoms with Gasteiger partial charge in [0.15, 0.2) is 5.82 Å². The topological polar surface area (TPSA) is 98.0 Å². The number of nitrogens with zero attached hydrogens (tertiary/aromatic N) is 6. The second-order valence-electron chi connectivity index (χ2n) is 8.95. The van der Waals surface area contributed by atoms with Crippen molar-refractivity contribution in [3.8, 4) is 6.07 Å². The Bertz CT molecular complexity index is 1280. The minimum Gasteiger partial charge on any atom is -0.366 e. The second-order valence-corrected chi connectivity index (χ2v) is 8.95. The van der Waals surface area contributed by atoms with Gasteiger partial charge in [-0.05, 0) is 50.5 Å². The molecule has 0 radical (unpaired) electrons. The van der Waals surface area contributed by atoms with Crippen molar-refractivity contribution in [2.75, 3.05) is 29.9 Å². The van der Waals surface area contributed by atoms with Crippen LogP contribution in [-0.4, -0.2) is 51.7 Å². The molecule has 33 heavy (non-hydrogen) atoms. The molecule has 1 N–H and O–H groups in total. The van der Waals surface area contributed by atoms with Gasteiger partial charge in [0.1, 0.15) is 0 Å². The highest BCUT2D eigenvalue weighted by Crippen LogP contribution is 2.31. The van der Waals surface area contributed by atoms with Crippen molar-refractivity contribution < 1.29 is 4.79 Å². The number of pyridine rings is 1. The average molecular weight is 442 g/mol. The number of amides is 1. The van der Waals surface area contributed by atoms with Gasteiger partial charge in [-0.2, -0.15) is 10.4 Å². The largest absolute Gasteiger partial charge is 0.366 e. The maximum atomic E-state index is 12.0. The highest BCUT2D eigenvalue weighted by Gasteiger charge is 2.35. The summed E-state index contributed by atoms with van der Waals surface area (Å²) in [7, 11) is 0. The lowest BCUT2D eigenvalue weighted by Crippen LogP contribution is -2.51. The predicted octanol–water partition coefficient (Wildman–Crippen LogP) is 3.50. The molecular weight excluding hydrogens is 414 g/mol. The van der Waals surface area contributed by atoms with Crippen LogP contribution in [0.4, 0.5) is 11.5 Å². The van der Waals surface area contributed by atoms with Crippen LogP contribution in [0.5, 0.6) is 0 Å². The number of aryl methyl sites for hydroxylation is 1. The molecule has 5 rings (SSSR count). The number of carbonyl (C=O) groups is 1. The molecule has 3 aromatic rings. The van der Waals surface area contributed by atoms with Crippen LogP contribution in [0.1, 0.15) is 48.2 Å². The van der Waals surface area contributed by atoms with Crippen LogP contribution in [0.2, 0.25) is 0 Å². The Morgan fingerprint density at radius 1 is 1.24 bits per heavy atom. The van der Waals surface area contributed by atoms with E-state index < -0.39 is 0 Å². The number of benzene rings is 1. The van der Waals surface area contributed by atoms with Crippen LogP contribution in [-0.2, 0) is 4.79 Å². The number of piperazine rings is 1. The molecule has 2 atom stereocenters. The highest BCUT2D eigenvalue weighted by molar-refractivity contribution is 5.92. The molecule has 0 spiro atoms. The maximum absolute atomic E-state index is 12.0. The van der Waals surface area contributed by atoms with Gasteiger partial charge in [-0.3, -0.25) is 9.78 Å². The third kappa shape index (κ3) is 3.74. The number of nitriles is 1. The Morgan fingerprint density at radius 3 is 2.91 bits per heavy atom. The number of anilines is 2. The van der Waals surface area contributed by atoms with Gasteiger partial charge < -0.3 is 15.1 Å². The van der Waals surface area contributed by atoms with Crippen molar-refractivity contribution in [1.29, 1.82) is 5.26 Å². The molecule has 1 amide bonds. The normalized spacial score (nSPS) is 18.8. The van der Waals surface area contributed by atoms with E-state index in [0.29, 0.717) is 17.8 Å². The van der Waals surface area contributed by atoms with Crippen molar-refractivity contribution in [2.45, 2.75) is 45.7 Å². The molecule has 168 valence electrons. The number of aromatic nitrogens is 3. The Hall–Kier alpha value is -3.73. The molecule has 2 saturated heterocycles. The summed E-state index contributed by atoms with van der Waals surface area (Å²) in [5.74, 6) is 0.951. The van der Waals surface area contributed by atoms with E-state index in [4.69, 9.17) is 4.98 Å². The zero-order chi connectivity index (χ0) is 23.1. The fourth-order valence-electron chi connectivity index (χ4n) is 5.05. The van der Waals surface area contributed by atoms with Crippen molar-refractivity contribution in [2.24, 2.45) is 0 Å². The zero-order valence-electron chi connectivity index (χ0n) is 19.2. The first-order chi connectivity index (χ1) is 16.0. The Balaban J connectivity index is 1.47. The number of hydrogen-bond donors (Lipinski definition) is 1. The number of carbonyl (C=O) groups excluding carboxylic acids is 1. The number of fused-ring (bicyclic) bond motifs is 2. The molecule has 8 heteroatoms. The first-order valence-corrected chi connectivity index (χ1v) is 11.4. The third-order valence-corrected chi connectivity index (χ3v) is 6.95. The summed E-state index contributed by atoms with van der Waals surface area (Å²) < 4.78 is 0. The Labute approximate surface area is 193 Å². The van der Waals surface area contributed by atoms with Crippen molar-refractivity contribution >= 4 is 28.3 Å². The molecule has 0 aliphatic carbocycles. The van der Waals surface area contributed by atoms with Crippen LogP contribution < -0.4 is 10.2 Å².